The van der Waals surface area contributed by atoms with E-state index in [1.807, 2.05) is 38.1 Å². The molecule has 2 aliphatic rings. The second-order valence-electron chi connectivity index (χ2n) is 11.4. The Hall–Kier alpha value is -3.43. The van der Waals surface area contributed by atoms with Gasteiger partial charge in [-0.25, -0.2) is 4.79 Å². The first kappa shape index (κ1) is 31.0. The smallest absolute Gasteiger partial charge is 0.336 e. The Bertz CT molecular complexity index is 1450. The molecule has 1 saturated heterocycles. The molecule has 2 aliphatic heterocycles. The van der Waals surface area contributed by atoms with Gasteiger partial charge in [-0.15, -0.1) is 0 Å². The lowest BCUT2D eigenvalue weighted by Crippen LogP contribution is -2.44. The minimum Gasteiger partial charge on any atom is -0.466 e. The Morgan fingerprint density at radius 2 is 1.44 bits per heavy atom. The number of carbonyl (C=O) groups is 2. The zero-order valence-electron chi connectivity index (χ0n) is 25.2. The molecule has 1 amide bonds. The average Bonchev–Trinajstić information content (AvgIpc) is 3.04. The van der Waals surface area contributed by atoms with Crippen LogP contribution >= 0.6 is 22.6 Å². The van der Waals surface area contributed by atoms with Gasteiger partial charge >= 0.3 is 5.97 Å². The largest absolute Gasteiger partial charge is 0.466 e. The van der Waals surface area contributed by atoms with Gasteiger partial charge < -0.3 is 20.3 Å². The zero-order valence-corrected chi connectivity index (χ0v) is 27.3. The molecule has 0 bridgehead atoms. The summed E-state index contributed by atoms with van der Waals surface area (Å²) in [4.78, 5) is 29.1. The molecule has 3 aromatic rings. The molecule has 0 radical (unpaired) electrons. The van der Waals surface area contributed by atoms with Crippen molar-refractivity contribution in [3.05, 3.63) is 128 Å². The van der Waals surface area contributed by atoms with Crippen LogP contribution in [0.15, 0.2) is 107 Å². The number of carbonyl (C=O) groups excluding carboxylic acids is 2. The van der Waals surface area contributed by atoms with Crippen molar-refractivity contribution in [1.29, 1.82) is 0 Å². The molecule has 6 nitrogen and oxygen atoms in total. The molecule has 7 heteroatoms. The maximum absolute atomic E-state index is 13.7. The van der Waals surface area contributed by atoms with E-state index in [0.717, 1.165) is 53.7 Å². The third-order valence-electron chi connectivity index (χ3n) is 8.91. The van der Waals surface area contributed by atoms with Gasteiger partial charge in [-0.1, -0.05) is 72.8 Å². The number of hydrogen-bond donors (Lipinski definition) is 2. The molecule has 1 atom stereocenters. The lowest BCUT2D eigenvalue weighted by molar-refractivity contribution is -0.136. The predicted molar refractivity (Wildman–Crippen MR) is 179 cm³/mol. The molecule has 1 unspecified atom stereocenters. The molecule has 43 heavy (non-hydrogen) atoms. The summed E-state index contributed by atoms with van der Waals surface area (Å²) in [6.45, 7) is 7.24. The average molecular weight is 690 g/mol. The van der Waals surface area contributed by atoms with Crippen LogP contribution in [0.2, 0.25) is 0 Å². The van der Waals surface area contributed by atoms with E-state index < -0.39 is 11.9 Å². The van der Waals surface area contributed by atoms with Crippen molar-refractivity contribution in [2.75, 3.05) is 33.3 Å². The van der Waals surface area contributed by atoms with Crippen LogP contribution in [0, 0.1) is 3.57 Å². The van der Waals surface area contributed by atoms with Crippen LogP contribution in [0.25, 0.3) is 0 Å². The monoisotopic (exact) mass is 689 g/mol. The molecule has 0 saturated carbocycles. The highest BCUT2D eigenvalue weighted by molar-refractivity contribution is 14.1. The molecule has 224 valence electrons. The Labute approximate surface area is 268 Å². The Balaban J connectivity index is 1.22. The first-order valence-corrected chi connectivity index (χ1v) is 16.1. The van der Waals surface area contributed by atoms with Gasteiger partial charge in [-0.05, 0) is 104 Å². The van der Waals surface area contributed by atoms with Crippen LogP contribution < -0.4 is 10.6 Å². The van der Waals surface area contributed by atoms with Crippen LogP contribution in [0.4, 0.5) is 0 Å². The molecule has 3 aromatic carbocycles. The molecule has 2 heterocycles. The highest BCUT2D eigenvalue weighted by atomic mass is 127. The van der Waals surface area contributed by atoms with Crippen molar-refractivity contribution >= 4 is 34.5 Å². The summed E-state index contributed by atoms with van der Waals surface area (Å²) in [7, 11) is 1.38. The number of amides is 1. The van der Waals surface area contributed by atoms with Crippen LogP contribution in [0.3, 0.4) is 0 Å². The van der Waals surface area contributed by atoms with Gasteiger partial charge in [0, 0.05) is 32.5 Å². The van der Waals surface area contributed by atoms with Gasteiger partial charge in [0.05, 0.1) is 18.6 Å². The third-order valence-corrected chi connectivity index (χ3v) is 9.63. The zero-order chi connectivity index (χ0) is 30.4. The van der Waals surface area contributed by atoms with Crippen LogP contribution in [0.5, 0.6) is 0 Å². The SMILES string of the molecule is COC(=O)C1=C(C)NC(C)=C(C(=O)NCCCN2CCC(c3ccccc3)(c3ccccc3)CC2)C1c1ccc(I)cc1. The number of piperidine rings is 1. The number of likely N-dealkylation sites (tertiary alicyclic amines) is 1. The fourth-order valence-corrected chi connectivity index (χ4v) is 7.04. The van der Waals surface area contributed by atoms with E-state index in [1.165, 1.54) is 18.2 Å². The number of halogens is 1. The molecule has 2 N–H and O–H groups in total. The van der Waals surface area contributed by atoms with E-state index >= 15 is 0 Å². The van der Waals surface area contributed by atoms with E-state index in [2.05, 4.69) is 98.8 Å². The van der Waals surface area contributed by atoms with Crippen LogP contribution in [-0.4, -0.2) is 50.1 Å². The summed E-state index contributed by atoms with van der Waals surface area (Å²) in [6, 6.07) is 29.8. The lowest BCUT2D eigenvalue weighted by atomic mass is 9.68. The molecule has 0 aliphatic carbocycles. The molecule has 0 spiro atoms. The number of benzene rings is 3. The second-order valence-corrected chi connectivity index (χ2v) is 12.7. The van der Waals surface area contributed by atoms with Crippen molar-refractivity contribution in [1.82, 2.24) is 15.5 Å². The predicted octanol–water partition coefficient (Wildman–Crippen LogP) is 6.29. The number of nitrogens with zero attached hydrogens (tertiary/aromatic N) is 1. The van der Waals surface area contributed by atoms with E-state index in [1.54, 1.807) is 0 Å². The fourth-order valence-electron chi connectivity index (χ4n) is 6.68. The standard InChI is InChI=1S/C36H40IN3O3/c1-25-31(33(27-15-17-30(37)18-16-27)32(26(2)39-25)35(42)43-3)34(41)38-21-10-22-40-23-19-36(20-24-40,28-11-6-4-7-12-28)29-13-8-5-9-14-29/h4-9,11-18,33,39H,10,19-24H2,1-3H3,(H,38,41). The van der Waals surface area contributed by atoms with Gasteiger partial charge in [0.25, 0.3) is 0 Å². The topological polar surface area (TPSA) is 70.7 Å². The summed E-state index contributed by atoms with van der Waals surface area (Å²) in [5, 5.41) is 6.41. The van der Waals surface area contributed by atoms with Gasteiger partial charge in [0.2, 0.25) is 5.91 Å². The number of allylic oxidation sites excluding steroid dienone is 2. The maximum atomic E-state index is 13.7. The number of ether oxygens (including phenoxy) is 1. The van der Waals surface area contributed by atoms with Crippen molar-refractivity contribution < 1.29 is 14.3 Å². The van der Waals surface area contributed by atoms with Gasteiger partial charge in [-0.2, -0.15) is 0 Å². The minimum atomic E-state index is -0.503. The van der Waals surface area contributed by atoms with Crippen molar-refractivity contribution in [3.63, 3.8) is 0 Å². The molecular weight excluding hydrogens is 649 g/mol. The Morgan fingerprint density at radius 1 is 0.884 bits per heavy atom. The number of esters is 1. The first-order chi connectivity index (χ1) is 20.8. The molecule has 0 aromatic heterocycles. The summed E-state index contributed by atoms with van der Waals surface area (Å²) >= 11 is 2.26. The number of rotatable bonds is 9. The molecule has 1 fully saturated rings. The van der Waals surface area contributed by atoms with E-state index in [0.29, 0.717) is 23.4 Å². The minimum absolute atomic E-state index is 0.0265. The summed E-state index contributed by atoms with van der Waals surface area (Å²) in [5.41, 5.74) is 6.16. The number of methoxy groups -OCH3 is 1. The van der Waals surface area contributed by atoms with Crippen LogP contribution in [0.1, 0.15) is 55.7 Å². The molecule has 5 rings (SSSR count). The van der Waals surface area contributed by atoms with Crippen molar-refractivity contribution in [2.45, 2.75) is 44.4 Å². The first-order valence-electron chi connectivity index (χ1n) is 15.0. The highest BCUT2D eigenvalue weighted by Gasteiger charge is 2.38. The normalized spacial score (nSPS) is 18.7. The highest BCUT2D eigenvalue weighted by Crippen LogP contribution is 2.42. The van der Waals surface area contributed by atoms with Gasteiger partial charge in [0.1, 0.15) is 0 Å². The lowest BCUT2D eigenvalue weighted by Gasteiger charge is -2.43. The second kappa shape index (κ2) is 13.9. The quantitative estimate of drug-likeness (QED) is 0.157. The number of dihydropyridines is 1. The summed E-state index contributed by atoms with van der Waals surface area (Å²) < 4.78 is 6.23. The Morgan fingerprint density at radius 3 is 2.00 bits per heavy atom. The van der Waals surface area contributed by atoms with Gasteiger partial charge in [0.15, 0.2) is 0 Å². The molecular formula is C36H40IN3O3. The van der Waals surface area contributed by atoms with E-state index in [-0.39, 0.29) is 11.3 Å². The van der Waals surface area contributed by atoms with E-state index in [9.17, 15) is 9.59 Å². The van der Waals surface area contributed by atoms with Crippen molar-refractivity contribution in [3.8, 4) is 0 Å². The summed E-state index contributed by atoms with van der Waals surface area (Å²) in [5.74, 6) is -1.09. The maximum Gasteiger partial charge on any atom is 0.336 e. The van der Waals surface area contributed by atoms with Crippen molar-refractivity contribution in [2.24, 2.45) is 0 Å². The van der Waals surface area contributed by atoms with E-state index in [4.69, 9.17) is 4.74 Å². The summed E-state index contributed by atoms with van der Waals surface area (Å²) in [6.07, 6.45) is 2.97. The number of hydrogen-bond acceptors (Lipinski definition) is 5. The van der Waals surface area contributed by atoms with Gasteiger partial charge in [-0.3, -0.25) is 4.79 Å². The number of nitrogens with one attached hydrogen (secondary N) is 2. The third kappa shape index (κ3) is 6.73. The van der Waals surface area contributed by atoms with Crippen LogP contribution in [-0.2, 0) is 19.7 Å². The Kier molecular flexibility index (Phi) is 10.0. The fraction of sp³-hybridized carbons (Fsp3) is 0.333.